The van der Waals surface area contributed by atoms with Crippen molar-refractivity contribution in [1.82, 2.24) is 24.8 Å². The maximum absolute atomic E-state index is 12.5. The highest BCUT2D eigenvalue weighted by Gasteiger charge is 2.10. The normalized spacial score (nSPS) is 10.6. The zero-order chi connectivity index (χ0) is 19.1. The van der Waals surface area contributed by atoms with Crippen molar-refractivity contribution >= 4 is 5.91 Å². The van der Waals surface area contributed by atoms with Gasteiger partial charge in [-0.05, 0) is 12.1 Å². The van der Waals surface area contributed by atoms with Gasteiger partial charge in [0.15, 0.2) is 5.82 Å². The van der Waals surface area contributed by atoms with Crippen molar-refractivity contribution in [2.24, 2.45) is 0 Å². The number of carbonyl (C=O) groups excluding carboxylic acids is 1. The molecular weight excluding hydrogens is 346 g/mol. The second kappa shape index (κ2) is 8.91. The van der Waals surface area contributed by atoms with Gasteiger partial charge < -0.3 is 19.4 Å². The molecule has 0 aliphatic heterocycles. The highest BCUT2D eigenvalue weighted by atomic mass is 16.5. The third-order valence-corrected chi connectivity index (χ3v) is 3.99. The Hall–Kier alpha value is -3.26. The molecule has 3 rings (SSSR count). The van der Waals surface area contributed by atoms with Crippen LogP contribution in [0.1, 0.15) is 16.1 Å². The van der Waals surface area contributed by atoms with Crippen LogP contribution in [0.25, 0.3) is 11.4 Å². The number of aromatic nitrogens is 4. The third kappa shape index (κ3) is 4.68. The first-order valence-electron chi connectivity index (χ1n) is 8.45. The van der Waals surface area contributed by atoms with E-state index in [1.807, 2.05) is 10.6 Å². The molecule has 2 heterocycles. The molecule has 0 spiro atoms. The molecule has 8 heteroatoms. The standard InChI is InChI=1S/C19H21N5O3/c1-26-9-8-24-13-20-11-16(24)12-22-19(25)15-5-3-4-14(10-15)18-21-7-6-17(23-18)27-2/h3-7,10-11,13H,8-9,12H2,1-2H3,(H,22,25). The second-order valence-corrected chi connectivity index (χ2v) is 5.76. The SMILES string of the molecule is COCCn1cncc1CNC(=O)c1cccc(-c2nccc(OC)n2)c1. The molecule has 0 saturated carbocycles. The van der Waals surface area contributed by atoms with Crippen molar-refractivity contribution in [3.05, 3.63) is 60.3 Å². The lowest BCUT2D eigenvalue weighted by molar-refractivity contribution is 0.0950. The number of nitrogens with zero attached hydrogens (tertiary/aromatic N) is 4. The maximum Gasteiger partial charge on any atom is 0.251 e. The lowest BCUT2D eigenvalue weighted by Gasteiger charge is -2.09. The van der Waals surface area contributed by atoms with Crippen molar-refractivity contribution in [3.8, 4) is 17.3 Å². The molecule has 0 unspecified atom stereocenters. The summed E-state index contributed by atoms with van der Waals surface area (Å²) in [6, 6.07) is 8.83. The fraction of sp³-hybridized carbons (Fsp3) is 0.263. The van der Waals surface area contributed by atoms with E-state index in [1.165, 1.54) is 0 Å². The molecule has 0 aliphatic rings. The number of carbonyl (C=O) groups is 1. The van der Waals surface area contributed by atoms with Crippen LogP contribution in [0.4, 0.5) is 0 Å². The Balaban J connectivity index is 1.69. The van der Waals surface area contributed by atoms with Crippen molar-refractivity contribution in [2.45, 2.75) is 13.1 Å². The number of hydrogen-bond acceptors (Lipinski definition) is 6. The molecule has 8 nitrogen and oxygen atoms in total. The summed E-state index contributed by atoms with van der Waals surface area (Å²) < 4.78 is 12.2. The highest BCUT2D eigenvalue weighted by molar-refractivity contribution is 5.95. The van der Waals surface area contributed by atoms with Crippen LogP contribution in [0.3, 0.4) is 0 Å². The summed E-state index contributed by atoms with van der Waals surface area (Å²) in [5, 5.41) is 2.91. The van der Waals surface area contributed by atoms with E-state index in [2.05, 4.69) is 20.3 Å². The molecule has 2 aromatic heterocycles. The van der Waals surface area contributed by atoms with E-state index in [4.69, 9.17) is 9.47 Å². The maximum atomic E-state index is 12.5. The minimum Gasteiger partial charge on any atom is -0.481 e. The fourth-order valence-electron chi connectivity index (χ4n) is 2.55. The van der Waals surface area contributed by atoms with Gasteiger partial charge in [-0.1, -0.05) is 12.1 Å². The molecule has 1 aromatic carbocycles. The lowest BCUT2D eigenvalue weighted by Crippen LogP contribution is -2.24. The van der Waals surface area contributed by atoms with Crippen molar-refractivity contribution in [2.75, 3.05) is 20.8 Å². The van der Waals surface area contributed by atoms with E-state index in [9.17, 15) is 4.79 Å². The van der Waals surface area contributed by atoms with Gasteiger partial charge in [0.2, 0.25) is 5.88 Å². The smallest absolute Gasteiger partial charge is 0.251 e. The van der Waals surface area contributed by atoms with Gasteiger partial charge in [-0.3, -0.25) is 4.79 Å². The Morgan fingerprint density at radius 2 is 2.15 bits per heavy atom. The topological polar surface area (TPSA) is 91.2 Å². The van der Waals surface area contributed by atoms with Gasteiger partial charge in [-0.25, -0.2) is 9.97 Å². The van der Waals surface area contributed by atoms with Crippen LogP contribution in [0.2, 0.25) is 0 Å². The number of methoxy groups -OCH3 is 2. The van der Waals surface area contributed by atoms with Crippen LogP contribution >= 0.6 is 0 Å². The number of nitrogens with one attached hydrogen (secondary N) is 1. The van der Waals surface area contributed by atoms with E-state index in [0.717, 1.165) is 11.3 Å². The van der Waals surface area contributed by atoms with Crippen LogP contribution in [0, 0.1) is 0 Å². The van der Waals surface area contributed by atoms with Crippen molar-refractivity contribution < 1.29 is 14.3 Å². The molecule has 0 atom stereocenters. The number of amides is 1. The van der Waals surface area contributed by atoms with E-state index >= 15 is 0 Å². The van der Waals surface area contributed by atoms with Gasteiger partial charge in [-0.15, -0.1) is 0 Å². The lowest BCUT2D eigenvalue weighted by atomic mass is 10.1. The Bertz CT molecular complexity index is 910. The fourth-order valence-corrected chi connectivity index (χ4v) is 2.55. The number of imidazole rings is 1. The highest BCUT2D eigenvalue weighted by Crippen LogP contribution is 2.18. The number of ether oxygens (including phenoxy) is 2. The molecule has 0 saturated heterocycles. The summed E-state index contributed by atoms with van der Waals surface area (Å²) >= 11 is 0. The first-order valence-corrected chi connectivity index (χ1v) is 8.45. The van der Waals surface area contributed by atoms with Crippen LogP contribution in [-0.4, -0.2) is 46.3 Å². The molecule has 0 bridgehead atoms. The quantitative estimate of drug-likeness (QED) is 0.654. The van der Waals surface area contributed by atoms with Crippen molar-refractivity contribution in [1.29, 1.82) is 0 Å². The van der Waals surface area contributed by atoms with E-state index in [1.54, 1.807) is 57.2 Å². The van der Waals surface area contributed by atoms with Gasteiger partial charge in [0.1, 0.15) is 0 Å². The molecule has 0 fully saturated rings. The molecule has 1 amide bonds. The molecular formula is C19H21N5O3. The van der Waals surface area contributed by atoms with Gasteiger partial charge >= 0.3 is 0 Å². The van der Waals surface area contributed by atoms with Crippen LogP contribution in [-0.2, 0) is 17.8 Å². The Labute approximate surface area is 157 Å². The number of hydrogen-bond donors (Lipinski definition) is 1. The van der Waals surface area contributed by atoms with Crippen LogP contribution in [0.5, 0.6) is 5.88 Å². The largest absolute Gasteiger partial charge is 0.481 e. The van der Waals surface area contributed by atoms with Crippen LogP contribution < -0.4 is 10.1 Å². The van der Waals surface area contributed by atoms with E-state index in [-0.39, 0.29) is 5.91 Å². The predicted molar refractivity (Wildman–Crippen MR) is 99.3 cm³/mol. The third-order valence-electron chi connectivity index (χ3n) is 3.99. The average molecular weight is 367 g/mol. The van der Waals surface area contributed by atoms with E-state index < -0.39 is 0 Å². The first-order chi connectivity index (χ1) is 13.2. The predicted octanol–water partition coefficient (Wildman–Crippen LogP) is 1.93. The minimum atomic E-state index is -0.181. The second-order valence-electron chi connectivity index (χ2n) is 5.76. The first kappa shape index (κ1) is 18.5. The van der Waals surface area contributed by atoms with Crippen molar-refractivity contribution in [3.63, 3.8) is 0 Å². The summed E-state index contributed by atoms with van der Waals surface area (Å²) in [5.74, 6) is 0.792. The molecule has 3 aromatic rings. The average Bonchev–Trinajstić information content (AvgIpc) is 3.18. The molecule has 27 heavy (non-hydrogen) atoms. The summed E-state index contributed by atoms with van der Waals surface area (Å²) in [4.78, 5) is 25.2. The minimum absolute atomic E-state index is 0.181. The summed E-state index contributed by atoms with van der Waals surface area (Å²) in [7, 11) is 3.20. The molecule has 0 radical (unpaired) electrons. The summed E-state index contributed by atoms with van der Waals surface area (Å²) in [6.07, 6.45) is 5.08. The van der Waals surface area contributed by atoms with Crippen LogP contribution in [0.15, 0.2) is 49.1 Å². The van der Waals surface area contributed by atoms with Gasteiger partial charge in [0, 0.05) is 43.2 Å². The summed E-state index contributed by atoms with van der Waals surface area (Å²) in [5.41, 5.74) is 2.18. The Morgan fingerprint density at radius 3 is 2.96 bits per heavy atom. The zero-order valence-electron chi connectivity index (χ0n) is 15.3. The Kier molecular flexibility index (Phi) is 6.11. The monoisotopic (exact) mass is 367 g/mol. The molecule has 1 N–H and O–H groups in total. The number of rotatable bonds is 8. The Morgan fingerprint density at radius 1 is 1.26 bits per heavy atom. The number of benzene rings is 1. The molecule has 0 aliphatic carbocycles. The zero-order valence-corrected chi connectivity index (χ0v) is 15.3. The summed E-state index contributed by atoms with van der Waals surface area (Å²) in [6.45, 7) is 1.65. The van der Waals surface area contributed by atoms with Gasteiger partial charge in [-0.2, -0.15) is 4.98 Å². The van der Waals surface area contributed by atoms with E-state index in [0.29, 0.717) is 37.0 Å². The van der Waals surface area contributed by atoms with Gasteiger partial charge in [0.05, 0.1) is 32.3 Å². The van der Waals surface area contributed by atoms with Gasteiger partial charge in [0.25, 0.3) is 5.91 Å². The molecule has 140 valence electrons.